The Morgan fingerprint density at radius 1 is 1.07 bits per heavy atom. The first-order valence-electron chi connectivity index (χ1n) is 10.8. The number of fused-ring (bicyclic) bond motifs is 1. The molecule has 2 aromatic rings. The maximum Gasteiger partial charge on any atom is 0.338 e. The second-order valence-electron chi connectivity index (χ2n) is 8.36. The molecule has 0 amide bonds. The molecule has 1 saturated heterocycles. The van der Waals surface area contributed by atoms with E-state index in [2.05, 4.69) is 12.1 Å². The van der Waals surface area contributed by atoms with Crippen LogP contribution in [0.3, 0.4) is 0 Å². The van der Waals surface area contributed by atoms with Crippen LogP contribution in [0.4, 0.5) is 0 Å². The third-order valence-corrected chi connectivity index (χ3v) is 6.37. The summed E-state index contributed by atoms with van der Waals surface area (Å²) in [7, 11) is 0. The highest BCUT2D eigenvalue weighted by molar-refractivity contribution is 5.89. The topological polar surface area (TPSA) is 72.8 Å². The fraction of sp³-hybridized carbons (Fsp3) is 0.440. The van der Waals surface area contributed by atoms with Crippen LogP contribution in [0.5, 0.6) is 0 Å². The van der Waals surface area contributed by atoms with E-state index in [0.717, 1.165) is 6.42 Å². The summed E-state index contributed by atoms with van der Waals surface area (Å²) in [5.74, 6) is -0.429. The van der Waals surface area contributed by atoms with Gasteiger partial charge in [-0.2, -0.15) is 0 Å². The first-order valence-corrected chi connectivity index (χ1v) is 10.8. The van der Waals surface area contributed by atoms with Crippen LogP contribution in [0.1, 0.15) is 48.0 Å². The molecule has 1 saturated carbocycles. The van der Waals surface area contributed by atoms with Crippen LogP contribution in [-0.2, 0) is 20.7 Å². The first-order chi connectivity index (χ1) is 14.6. The molecule has 5 nitrogen and oxygen atoms in total. The monoisotopic (exact) mass is 408 g/mol. The van der Waals surface area contributed by atoms with Crippen molar-refractivity contribution in [3.63, 3.8) is 0 Å². The maximum absolute atomic E-state index is 12.5. The number of carbonyl (C=O) groups is 2. The van der Waals surface area contributed by atoms with Gasteiger partial charge in [0.15, 0.2) is 0 Å². The fourth-order valence-corrected chi connectivity index (χ4v) is 4.78. The number of aryl methyl sites for hydroxylation is 1. The van der Waals surface area contributed by atoms with E-state index >= 15 is 0 Å². The summed E-state index contributed by atoms with van der Waals surface area (Å²) >= 11 is 0. The van der Waals surface area contributed by atoms with Gasteiger partial charge in [0, 0.05) is 18.3 Å². The number of carbonyl (C=O) groups excluding carboxylic acids is 2. The molecule has 4 rings (SSSR count). The summed E-state index contributed by atoms with van der Waals surface area (Å²) in [6, 6.07) is 19.1. The SMILES string of the molecule is O=C1C[C@H]2C(CC(OC(=O)c3ccccc3)C2CC[C@@H](O)CCc2ccccc2)O1. The molecule has 158 valence electrons. The van der Waals surface area contributed by atoms with Crippen molar-refractivity contribution in [3.8, 4) is 0 Å². The number of ether oxygens (including phenoxy) is 2. The van der Waals surface area contributed by atoms with E-state index < -0.39 is 6.10 Å². The Kier molecular flexibility index (Phi) is 6.48. The van der Waals surface area contributed by atoms with Crippen molar-refractivity contribution < 1.29 is 24.2 Å². The van der Waals surface area contributed by atoms with Crippen LogP contribution < -0.4 is 0 Å². The molecule has 2 aromatic carbocycles. The van der Waals surface area contributed by atoms with E-state index in [-0.39, 0.29) is 36.0 Å². The van der Waals surface area contributed by atoms with Crippen LogP contribution in [0.25, 0.3) is 0 Å². The van der Waals surface area contributed by atoms with Crippen LogP contribution >= 0.6 is 0 Å². The van der Waals surface area contributed by atoms with Gasteiger partial charge in [-0.1, -0.05) is 48.5 Å². The van der Waals surface area contributed by atoms with Gasteiger partial charge >= 0.3 is 11.9 Å². The second kappa shape index (κ2) is 9.43. The van der Waals surface area contributed by atoms with E-state index in [0.29, 0.717) is 37.7 Å². The highest BCUT2D eigenvalue weighted by atomic mass is 16.6. The quantitative estimate of drug-likeness (QED) is 0.670. The number of hydrogen-bond acceptors (Lipinski definition) is 5. The Labute approximate surface area is 177 Å². The Morgan fingerprint density at radius 3 is 2.50 bits per heavy atom. The molecule has 2 aliphatic rings. The van der Waals surface area contributed by atoms with Gasteiger partial charge in [0.2, 0.25) is 0 Å². The maximum atomic E-state index is 12.5. The normalized spacial score (nSPS) is 26.1. The number of aliphatic hydroxyl groups is 1. The molecular weight excluding hydrogens is 380 g/mol. The highest BCUT2D eigenvalue weighted by Gasteiger charge is 2.51. The Hall–Kier alpha value is -2.66. The lowest BCUT2D eigenvalue weighted by Gasteiger charge is -2.24. The van der Waals surface area contributed by atoms with Crippen molar-refractivity contribution in [1.29, 1.82) is 0 Å². The summed E-state index contributed by atoms with van der Waals surface area (Å²) < 4.78 is 11.3. The third kappa shape index (κ3) is 4.90. The predicted octanol–water partition coefficient (Wildman–Crippen LogP) is 3.94. The zero-order valence-corrected chi connectivity index (χ0v) is 17.0. The second-order valence-corrected chi connectivity index (χ2v) is 8.36. The van der Waals surface area contributed by atoms with Gasteiger partial charge < -0.3 is 14.6 Å². The predicted molar refractivity (Wildman–Crippen MR) is 112 cm³/mol. The standard InChI is InChI=1S/C25H28O5/c26-19(12-11-17-7-3-1-4-8-17)13-14-20-21-15-24(27)29-23(21)16-22(20)30-25(28)18-9-5-2-6-10-18/h1-10,19-23,26H,11-16H2/t19-,20?,21+,22?,23?/m0/s1. The van der Waals surface area contributed by atoms with Gasteiger partial charge in [-0.05, 0) is 43.4 Å². The van der Waals surface area contributed by atoms with Gasteiger partial charge in [-0.3, -0.25) is 4.79 Å². The van der Waals surface area contributed by atoms with Crippen LogP contribution in [-0.4, -0.2) is 35.4 Å². The van der Waals surface area contributed by atoms with Gasteiger partial charge in [0.05, 0.1) is 18.1 Å². The van der Waals surface area contributed by atoms with Gasteiger partial charge in [0.25, 0.3) is 0 Å². The molecule has 3 unspecified atom stereocenters. The molecule has 5 atom stereocenters. The minimum atomic E-state index is -0.423. The average Bonchev–Trinajstić information content (AvgIpc) is 3.27. The number of benzene rings is 2. The molecule has 30 heavy (non-hydrogen) atoms. The summed E-state index contributed by atoms with van der Waals surface area (Å²) in [6.45, 7) is 0. The van der Waals surface area contributed by atoms with Crippen LogP contribution in [0.15, 0.2) is 60.7 Å². The number of hydrogen-bond donors (Lipinski definition) is 1. The molecule has 1 aliphatic carbocycles. The lowest BCUT2D eigenvalue weighted by Crippen LogP contribution is -2.27. The van der Waals surface area contributed by atoms with Crippen molar-refractivity contribution in [2.45, 2.75) is 56.8 Å². The number of aliphatic hydroxyl groups excluding tert-OH is 1. The first kappa shape index (κ1) is 20.6. The summed E-state index contributed by atoms with van der Waals surface area (Å²) in [6.07, 6.45) is 2.86. The van der Waals surface area contributed by atoms with Crippen molar-refractivity contribution in [1.82, 2.24) is 0 Å². The van der Waals surface area contributed by atoms with Crippen LogP contribution in [0, 0.1) is 11.8 Å². The molecule has 1 aliphatic heterocycles. The molecule has 2 fully saturated rings. The summed E-state index contributed by atoms with van der Waals surface area (Å²) in [5.41, 5.74) is 1.73. The minimum absolute atomic E-state index is 0.0282. The molecule has 0 bridgehead atoms. The molecule has 1 heterocycles. The molecule has 1 N–H and O–H groups in total. The summed E-state index contributed by atoms with van der Waals surface area (Å²) in [4.78, 5) is 24.3. The smallest absolute Gasteiger partial charge is 0.338 e. The minimum Gasteiger partial charge on any atom is -0.462 e. The molecule has 0 spiro atoms. The van der Waals surface area contributed by atoms with Gasteiger partial charge in [-0.25, -0.2) is 4.79 Å². The Bertz CT molecular complexity index is 850. The Morgan fingerprint density at radius 2 is 1.77 bits per heavy atom. The zero-order valence-electron chi connectivity index (χ0n) is 17.0. The van der Waals surface area contributed by atoms with E-state index in [1.165, 1.54) is 5.56 Å². The highest BCUT2D eigenvalue weighted by Crippen LogP contribution is 2.45. The zero-order chi connectivity index (χ0) is 20.9. The Balaban J connectivity index is 1.35. The van der Waals surface area contributed by atoms with Crippen LogP contribution in [0.2, 0.25) is 0 Å². The molecular formula is C25H28O5. The molecule has 0 aromatic heterocycles. The van der Waals surface area contributed by atoms with Crippen molar-refractivity contribution in [3.05, 3.63) is 71.8 Å². The summed E-state index contributed by atoms with van der Waals surface area (Å²) in [5, 5.41) is 10.5. The van der Waals surface area contributed by atoms with E-state index in [1.54, 1.807) is 12.1 Å². The van der Waals surface area contributed by atoms with Gasteiger partial charge in [-0.15, -0.1) is 0 Å². The lowest BCUT2D eigenvalue weighted by molar-refractivity contribution is -0.141. The van der Waals surface area contributed by atoms with E-state index in [1.807, 2.05) is 36.4 Å². The molecule has 5 heteroatoms. The largest absolute Gasteiger partial charge is 0.462 e. The van der Waals surface area contributed by atoms with E-state index in [9.17, 15) is 14.7 Å². The van der Waals surface area contributed by atoms with Crippen molar-refractivity contribution in [2.24, 2.45) is 11.8 Å². The fourth-order valence-electron chi connectivity index (χ4n) is 4.78. The lowest BCUT2D eigenvalue weighted by atomic mass is 9.86. The third-order valence-electron chi connectivity index (χ3n) is 6.37. The van der Waals surface area contributed by atoms with Gasteiger partial charge in [0.1, 0.15) is 12.2 Å². The van der Waals surface area contributed by atoms with Crippen molar-refractivity contribution >= 4 is 11.9 Å². The number of rotatable bonds is 8. The van der Waals surface area contributed by atoms with Crippen molar-refractivity contribution in [2.75, 3.05) is 0 Å². The number of esters is 2. The average molecular weight is 408 g/mol. The van der Waals surface area contributed by atoms with E-state index in [4.69, 9.17) is 9.47 Å². The molecule has 0 radical (unpaired) electrons.